The molecule has 2 nitrogen and oxygen atoms in total. The van der Waals surface area contributed by atoms with E-state index in [0.717, 1.165) is 5.56 Å². The maximum atomic E-state index is 13.1. The van der Waals surface area contributed by atoms with Gasteiger partial charge in [-0.1, -0.05) is 30.3 Å². The van der Waals surface area contributed by atoms with E-state index < -0.39 is 0 Å². The highest BCUT2D eigenvalue weighted by molar-refractivity contribution is 6.02. The lowest BCUT2D eigenvalue weighted by atomic mass is 10.0. The van der Waals surface area contributed by atoms with Crippen LogP contribution in [0.3, 0.4) is 0 Å². The van der Waals surface area contributed by atoms with Gasteiger partial charge in [0.1, 0.15) is 5.82 Å². The number of ketones is 1. The molecule has 0 radical (unpaired) electrons. The molecular formula is C15H14FNO. The van der Waals surface area contributed by atoms with E-state index in [4.69, 9.17) is 0 Å². The lowest BCUT2D eigenvalue weighted by Gasteiger charge is -2.08. The van der Waals surface area contributed by atoms with Crippen LogP contribution in [-0.4, -0.2) is 12.8 Å². The summed E-state index contributed by atoms with van der Waals surface area (Å²) in [5, 5.41) is 2.84. The van der Waals surface area contributed by atoms with Crippen LogP contribution in [-0.2, 0) is 6.42 Å². The number of benzene rings is 2. The molecule has 18 heavy (non-hydrogen) atoms. The first kappa shape index (κ1) is 12.3. The van der Waals surface area contributed by atoms with Crippen molar-refractivity contribution < 1.29 is 9.18 Å². The van der Waals surface area contributed by atoms with Gasteiger partial charge in [-0.2, -0.15) is 0 Å². The molecule has 0 atom stereocenters. The topological polar surface area (TPSA) is 29.1 Å². The Kier molecular flexibility index (Phi) is 3.72. The van der Waals surface area contributed by atoms with Crippen molar-refractivity contribution in [3.05, 3.63) is 65.5 Å². The largest absolute Gasteiger partial charge is 0.387 e. The predicted molar refractivity (Wildman–Crippen MR) is 70.4 cm³/mol. The minimum Gasteiger partial charge on any atom is -0.387 e. The summed E-state index contributed by atoms with van der Waals surface area (Å²) < 4.78 is 13.1. The van der Waals surface area contributed by atoms with Crippen molar-refractivity contribution in [2.45, 2.75) is 6.42 Å². The van der Waals surface area contributed by atoms with Gasteiger partial charge >= 0.3 is 0 Å². The van der Waals surface area contributed by atoms with Crippen LogP contribution in [0.15, 0.2) is 48.5 Å². The van der Waals surface area contributed by atoms with E-state index >= 15 is 0 Å². The highest BCUT2D eigenvalue weighted by Crippen LogP contribution is 2.18. The molecule has 0 saturated heterocycles. The van der Waals surface area contributed by atoms with Crippen LogP contribution < -0.4 is 5.32 Å². The van der Waals surface area contributed by atoms with Crippen molar-refractivity contribution in [1.29, 1.82) is 0 Å². The number of anilines is 1. The lowest BCUT2D eigenvalue weighted by molar-refractivity contribution is 0.0993. The first-order chi connectivity index (χ1) is 8.70. The SMILES string of the molecule is CNc1cc(F)ccc1C(=O)Cc1ccccc1. The van der Waals surface area contributed by atoms with E-state index in [2.05, 4.69) is 5.32 Å². The van der Waals surface area contributed by atoms with Gasteiger partial charge in [-0.3, -0.25) is 4.79 Å². The normalized spacial score (nSPS) is 10.1. The summed E-state index contributed by atoms with van der Waals surface area (Å²) in [7, 11) is 1.67. The van der Waals surface area contributed by atoms with E-state index in [1.165, 1.54) is 18.2 Å². The fourth-order valence-electron chi connectivity index (χ4n) is 1.84. The number of nitrogens with one attached hydrogen (secondary N) is 1. The summed E-state index contributed by atoms with van der Waals surface area (Å²) in [5.74, 6) is -0.374. The molecule has 0 heterocycles. The Balaban J connectivity index is 2.24. The Morgan fingerprint density at radius 3 is 2.56 bits per heavy atom. The Morgan fingerprint density at radius 2 is 1.89 bits per heavy atom. The summed E-state index contributed by atoms with van der Waals surface area (Å²) in [6.07, 6.45) is 0.321. The van der Waals surface area contributed by atoms with Gasteiger partial charge in [-0.15, -0.1) is 0 Å². The molecule has 0 spiro atoms. The number of hydrogen-bond donors (Lipinski definition) is 1. The van der Waals surface area contributed by atoms with Gasteiger partial charge in [0.25, 0.3) is 0 Å². The van der Waals surface area contributed by atoms with Crippen molar-refractivity contribution >= 4 is 11.5 Å². The van der Waals surface area contributed by atoms with Gasteiger partial charge in [-0.25, -0.2) is 4.39 Å². The molecule has 0 amide bonds. The number of hydrogen-bond acceptors (Lipinski definition) is 2. The number of carbonyl (C=O) groups excluding carboxylic acids is 1. The molecule has 2 aromatic carbocycles. The van der Waals surface area contributed by atoms with Gasteiger partial charge < -0.3 is 5.32 Å². The van der Waals surface area contributed by atoms with Crippen LogP contribution in [0.2, 0.25) is 0 Å². The Hall–Kier alpha value is -2.16. The molecule has 0 aliphatic heterocycles. The van der Waals surface area contributed by atoms with Crippen molar-refractivity contribution in [2.24, 2.45) is 0 Å². The molecule has 1 N–H and O–H groups in total. The van der Waals surface area contributed by atoms with Crippen LogP contribution in [0, 0.1) is 5.82 Å². The zero-order valence-corrected chi connectivity index (χ0v) is 10.1. The van der Waals surface area contributed by atoms with Gasteiger partial charge in [-0.05, 0) is 23.8 Å². The number of carbonyl (C=O) groups is 1. The molecule has 0 aliphatic rings. The fraction of sp³-hybridized carbons (Fsp3) is 0.133. The van der Waals surface area contributed by atoms with Crippen LogP contribution >= 0.6 is 0 Å². The molecule has 0 bridgehead atoms. The zero-order chi connectivity index (χ0) is 13.0. The number of Topliss-reactive ketones (excluding diaryl/α,β-unsaturated/α-hetero) is 1. The number of rotatable bonds is 4. The minimum absolute atomic E-state index is 0.0226. The Bertz CT molecular complexity index is 552. The molecule has 3 heteroatoms. The molecule has 0 saturated carbocycles. The summed E-state index contributed by atoms with van der Waals surface area (Å²) >= 11 is 0. The van der Waals surface area contributed by atoms with Crippen molar-refractivity contribution in [1.82, 2.24) is 0 Å². The highest BCUT2D eigenvalue weighted by atomic mass is 19.1. The summed E-state index contributed by atoms with van der Waals surface area (Å²) in [5.41, 5.74) is 1.99. The van der Waals surface area contributed by atoms with Crippen molar-refractivity contribution in [3.63, 3.8) is 0 Å². The first-order valence-corrected chi connectivity index (χ1v) is 5.75. The average Bonchev–Trinajstić information content (AvgIpc) is 2.39. The second kappa shape index (κ2) is 5.45. The maximum Gasteiger partial charge on any atom is 0.169 e. The van der Waals surface area contributed by atoms with Crippen LogP contribution in [0.5, 0.6) is 0 Å². The standard InChI is InChI=1S/C15H14FNO/c1-17-14-10-12(16)7-8-13(14)15(18)9-11-5-3-2-4-6-11/h2-8,10,17H,9H2,1H3. The second-order valence-electron chi connectivity index (χ2n) is 4.03. The average molecular weight is 243 g/mol. The van der Waals surface area contributed by atoms with Gasteiger partial charge in [0.2, 0.25) is 0 Å². The van der Waals surface area contributed by atoms with Gasteiger partial charge in [0.15, 0.2) is 5.78 Å². The van der Waals surface area contributed by atoms with E-state index in [-0.39, 0.29) is 11.6 Å². The molecule has 0 unspecified atom stereocenters. The summed E-state index contributed by atoms with van der Waals surface area (Å²) in [6, 6.07) is 13.7. The molecular weight excluding hydrogens is 229 g/mol. The monoisotopic (exact) mass is 243 g/mol. The van der Waals surface area contributed by atoms with Crippen LogP contribution in [0.25, 0.3) is 0 Å². The molecule has 0 aliphatic carbocycles. The Labute approximate surface area is 105 Å². The second-order valence-corrected chi connectivity index (χ2v) is 4.03. The molecule has 2 rings (SSSR count). The van der Waals surface area contributed by atoms with Gasteiger partial charge in [0.05, 0.1) is 0 Å². The summed E-state index contributed by atoms with van der Waals surface area (Å²) in [4.78, 5) is 12.1. The van der Waals surface area contributed by atoms with E-state index in [0.29, 0.717) is 17.7 Å². The third-order valence-electron chi connectivity index (χ3n) is 2.76. The van der Waals surface area contributed by atoms with E-state index in [1.54, 1.807) is 7.05 Å². The van der Waals surface area contributed by atoms with Crippen molar-refractivity contribution in [2.75, 3.05) is 12.4 Å². The quantitative estimate of drug-likeness (QED) is 0.835. The molecule has 0 aromatic heterocycles. The molecule has 0 fully saturated rings. The fourth-order valence-corrected chi connectivity index (χ4v) is 1.84. The number of halogens is 1. The van der Waals surface area contributed by atoms with Crippen molar-refractivity contribution in [3.8, 4) is 0 Å². The third kappa shape index (κ3) is 2.74. The molecule has 2 aromatic rings. The maximum absolute atomic E-state index is 13.1. The summed E-state index contributed by atoms with van der Waals surface area (Å²) in [6.45, 7) is 0. The lowest BCUT2D eigenvalue weighted by Crippen LogP contribution is -2.07. The van der Waals surface area contributed by atoms with Gasteiger partial charge in [0, 0.05) is 24.7 Å². The minimum atomic E-state index is -0.351. The van der Waals surface area contributed by atoms with E-state index in [1.807, 2.05) is 30.3 Å². The van der Waals surface area contributed by atoms with Crippen LogP contribution in [0.4, 0.5) is 10.1 Å². The Morgan fingerprint density at radius 1 is 1.17 bits per heavy atom. The molecule has 92 valence electrons. The first-order valence-electron chi connectivity index (χ1n) is 5.75. The highest BCUT2D eigenvalue weighted by Gasteiger charge is 2.12. The van der Waals surface area contributed by atoms with Crippen LogP contribution in [0.1, 0.15) is 15.9 Å². The zero-order valence-electron chi connectivity index (χ0n) is 10.1. The smallest absolute Gasteiger partial charge is 0.169 e. The van der Waals surface area contributed by atoms with E-state index in [9.17, 15) is 9.18 Å². The third-order valence-corrected chi connectivity index (χ3v) is 2.76. The predicted octanol–water partition coefficient (Wildman–Crippen LogP) is 3.29.